The number of benzene rings is 1. The van der Waals surface area contributed by atoms with Crippen LogP contribution in [-0.2, 0) is 32.1 Å². The summed E-state index contributed by atoms with van der Waals surface area (Å²) in [7, 11) is -5.46. The predicted molar refractivity (Wildman–Crippen MR) is 214 cm³/mol. The van der Waals surface area contributed by atoms with Crippen molar-refractivity contribution in [3.63, 3.8) is 0 Å². The Kier molecular flexibility index (Phi) is 12.8. The fourth-order valence-corrected chi connectivity index (χ4v) is 12.3. The van der Waals surface area contributed by atoms with Gasteiger partial charge in [-0.3, -0.25) is 0 Å². The highest BCUT2D eigenvalue weighted by atomic mass is 28.4. The van der Waals surface area contributed by atoms with Gasteiger partial charge in [-0.1, -0.05) is 86.4 Å². The van der Waals surface area contributed by atoms with E-state index >= 15 is 0 Å². The van der Waals surface area contributed by atoms with Crippen molar-refractivity contribution in [3.05, 3.63) is 34.9 Å². The number of aliphatic hydroxyl groups is 1. The molecule has 5 atom stereocenters. The first kappa shape index (κ1) is 42.1. The Morgan fingerprint density at radius 3 is 1.88 bits per heavy atom. The van der Waals surface area contributed by atoms with Crippen LogP contribution in [0.5, 0.6) is 0 Å². The Labute approximate surface area is 301 Å². The van der Waals surface area contributed by atoms with Crippen LogP contribution in [0.25, 0.3) is 0 Å². The highest BCUT2D eigenvalue weighted by Crippen LogP contribution is 2.63. The van der Waals surface area contributed by atoms with E-state index in [9.17, 15) is 5.11 Å². The van der Waals surface area contributed by atoms with Crippen LogP contribution in [0.15, 0.2) is 18.2 Å². The zero-order chi connectivity index (χ0) is 36.8. The summed E-state index contributed by atoms with van der Waals surface area (Å²) >= 11 is 0. The first-order chi connectivity index (χ1) is 21.5. The molecule has 1 aromatic carbocycles. The minimum Gasteiger partial charge on any atom is -0.413 e. The lowest BCUT2D eigenvalue weighted by Gasteiger charge is -2.51. The second-order valence-electron chi connectivity index (χ2n) is 20.9. The zero-order valence-electron chi connectivity index (χ0n) is 34.7. The highest BCUT2D eigenvalue weighted by Gasteiger charge is 2.58. The molecule has 48 heavy (non-hydrogen) atoms. The van der Waals surface area contributed by atoms with E-state index in [1.807, 2.05) is 0 Å². The average Bonchev–Trinajstić information content (AvgIpc) is 3.26. The molecule has 1 aromatic rings. The van der Waals surface area contributed by atoms with Gasteiger partial charge in [0.15, 0.2) is 25.0 Å². The minimum absolute atomic E-state index is 0.0503. The summed E-state index contributed by atoms with van der Waals surface area (Å²) in [6.07, 6.45) is 9.03. The third-order valence-corrected chi connectivity index (χ3v) is 23.6. The molecule has 0 spiro atoms. The van der Waals surface area contributed by atoms with Gasteiger partial charge in [0.2, 0.25) is 0 Å². The number of hydrogen-bond acceptors (Lipinski definition) is 4. The van der Waals surface area contributed by atoms with E-state index in [-0.39, 0.29) is 27.0 Å². The van der Waals surface area contributed by atoms with Crippen molar-refractivity contribution in [1.82, 2.24) is 0 Å². The molecule has 0 amide bonds. The molecular formula is C41H78O4Si3. The first-order valence-electron chi connectivity index (χ1n) is 19.4. The van der Waals surface area contributed by atoms with Crippen molar-refractivity contribution >= 4 is 25.0 Å². The molecule has 0 bridgehead atoms. The van der Waals surface area contributed by atoms with Gasteiger partial charge in [0.1, 0.15) is 0 Å². The van der Waals surface area contributed by atoms with Gasteiger partial charge in [0, 0.05) is 0 Å². The van der Waals surface area contributed by atoms with Crippen LogP contribution < -0.4 is 0 Å². The predicted octanol–water partition coefficient (Wildman–Crippen LogP) is 12.6. The summed E-state index contributed by atoms with van der Waals surface area (Å²) in [5.41, 5.74) is 2.80. The molecule has 2 saturated carbocycles. The molecule has 7 heteroatoms. The van der Waals surface area contributed by atoms with E-state index in [4.69, 9.17) is 13.3 Å². The number of hydrogen-bond donors (Lipinski definition) is 1. The number of rotatable bonds is 14. The maximum Gasteiger partial charge on any atom is 0.192 e. The van der Waals surface area contributed by atoms with Gasteiger partial charge in [0.05, 0.1) is 24.4 Å². The molecule has 0 aliphatic heterocycles. The largest absolute Gasteiger partial charge is 0.413 e. The van der Waals surface area contributed by atoms with E-state index < -0.39 is 30.6 Å². The molecule has 4 nitrogen and oxygen atoms in total. The van der Waals surface area contributed by atoms with E-state index in [0.717, 1.165) is 31.2 Å². The first-order valence-corrected chi connectivity index (χ1v) is 28.6. The van der Waals surface area contributed by atoms with Crippen molar-refractivity contribution < 1.29 is 18.4 Å². The second-order valence-corrected chi connectivity index (χ2v) is 35.0. The molecule has 3 rings (SSSR count). The zero-order valence-corrected chi connectivity index (χ0v) is 37.7. The second kappa shape index (κ2) is 14.6. The molecule has 2 fully saturated rings. The van der Waals surface area contributed by atoms with Crippen LogP contribution in [-0.4, -0.2) is 35.7 Å². The Hall–Kier alpha value is -0.289. The molecule has 0 saturated heterocycles. The van der Waals surface area contributed by atoms with Crippen LogP contribution >= 0.6 is 0 Å². The van der Waals surface area contributed by atoms with Gasteiger partial charge in [-0.2, -0.15) is 0 Å². The minimum atomic E-state index is -1.97. The Bertz CT molecular complexity index is 1220. The van der Waals surface area contributed by atoms with E-state index in [0.29, 0.717) is 25.0 Å². The normalized spacial score (nSPS) is 26.9. The van der Waals surface area contributed by atoms with Crippen LogP contribution in [0, 0.1) is 23.2 Å². The smallest absolute Gasteiger partial charge is 0.192 e. The van der Waals surface area contributed by atoms with Crippen LogP contribution in [0.1, 0.15) is 137 Å². The standard InChI is InChI=1S/C41H78O4Si3/c1-31(20-18-25-39(8,9)45-46(11,12)13)35-23-24-36-40(35,10)26-19-27-41(36,42)34-22-21-32(29-43-47(14,15)37(2,3)4)33(28-34)30-44-48(16,17)38(5,6)7/h21-22,28,31,35-36,42H,18-20,23-27,29-30H2,1-17H3/t31-,35-,36-,40-,41?/m1/s1. The SMILES string of the molecule is C[C@H](CCCC(C)(C)O[Si](C)(C)C)[C@H]1CC[C@H]2C(O)(c3ccc(CO[Si](C)(C)C(C)(C)C)c(CO[Si](C)(C)C(C)(C)C)c3)CCC[C@]12C. The average molecular weight is 719 g/mol. The van der Waals surface area contributed by atoms with Gasteiger partial charge in [-0.15, -0.1) is 0 Å². The van der Waals surface area contributed by atoms with Gasteiger partial charge in [-0.05, 0) is 148 Å². The Morgan fingerprint density at radius 2 is 1.35 bits per heavy atom. The summed E-state index contributed by atoms with van der Waals surface area (Å²) in [5, 5.41) is 13.1. The summed E-state index contributed by atoms with van der Waals surface area (Å²) < 4.78 is 20.1. The highest BCUT2D eigenvalue weighted by molar-refractivity contribution is 6.74. The van der Waals surface area contributed by atoms with Gasteiger partial charge in [0.25, 0.3) is 0 Å². The molecule has 278 valence electrons. The van der Waals surface area contributed by atoms with Gasteiger partial charge in [-0.25, -0.2) is 0 Å². The molecule has 2 aliphatic carbocycles. The summed E-state index contributed by atoms with van der Waals surface area (Å²) in [6.45, 7) is 40.8. The van der Waals surface area contributed by atoms with Gasteiger partial charge < -0.3 is 18.4 Å². The Balaban J connectivity index is 1.87. The third-order valence-electron chi connectivity index (χ3n) is 13.5. The van der Waals surface area contributed by atoms with Gasteiger partial charge >= 0.3 is 0 Å². The summed E-state index contributed by atoms with van der Waals surface area (Å²) in [4.78, 5) is 0. The van der Waals surface area contributed by atoms with Crippen molar-refractivity contribution in [3.8, 4) is 0 Å². The quantitative estimate of drug-likeness (QED) is 0.195. The lowest BCUT2D eigenvalue weighted by molar-refractivity contribution is -0.116. The van der Waals surface area contributed by atoms with Crippen molar-refractivity contribution in [2.75, 3.05) is 0 Å². The van der Waals surface area contributed by atoms with E-state index in [1.165, 1.54) is 36.8 Å². The summed E-state index contributed by atoms with van der Waals surface area (Å²) in [5.74, 6) is 1.57. The molecule has 0 radical (unpaired) electrons. The number of fused-ring (bicyclic) bond motifs is 1. The monoisotopic (exact) mass is 719 g/mol. The van der Waals surface area contributed by atoms with Crippen LogP contribution in [0.3, 0.4) is 0 Å². The van der Waals surface area contributed by atoms with Crippen molar-refractivity contribution in [2.24, 2.45) is 23.2 Å². The molecule has 1 unspecified atom stereocenters. The van der Waals surface area contributed by atoms with Crippen LogP contribution in [0.2, 0.25) is 55.9 Å². The van der Waals surface area contributed by atoms with Crippen molar-refractivity contribution in [1.29, 1.82) is 0 Å². The molecule has 0 aromatic heterocycles. The topological polar surface area (TPSA) is 47.9 Å². The fourth-order valence-electron chi connectivity index (χ4n) is 8.65. The molecule has 2 aliphatic rings. The molecule has 1 N–H and O–H groups in total. The van der Waals surface area contributed by atoms with Crippen molar-refractivity contribution in [2.45, 2.75) is 201 Å². The fraction of sp³-hybridized carbons (Fsp3) is 0.854. The maximum absolute atomic E-state index is 12.8. The molecule has 0 heterocycles. The van der Waals surface area contributed by atoms with E-state index in [2.05, 4.69) is 133 Å². The van der Waals surface area contributed by atoms with E-state index in [1.54, 1.807) is 0 Å². The summed E-state index contributed by atoms with van der Waals surface area (Å²) in [6, 6.07) is 6.82. The van der Waals surface area contributed by atoms with Crippen LogP contribution in [0.4, 0.5) is 0 Å². The maximum atomic E-state index is 12.8. The third kappa shape index (κ3) is 9.77. The molecular weight excluding hydrogens is 641 g/mol. The lowest BCUT2D eigenvalue weighted by atomic mass is 9.56. The lowest BCUT2D eigenvalue weighted by Crippen LogP contribution is -2.48. The Morgan fingerprint density at radius 1 is 0.812 bits per heavy atom.